The van der Waals surface area contributed by atoms with Gasteiger partial charge in [0, 0.05) is 25.4 Å². The first-order valence-electron chi connectivity index (χ1n) is 7.99. The second-order valence-corrected chi connectivity index (χ2v) is 6.24. The molecule has 2 aromatic carbocycles. The minimum atomic E-state index is 0.163. The zero-order chi connectivity index (χ0) is 14.9. The van der Waals surface area contributed by atoms with Crippen molar-refractivity contribution in [2.45, 2.75) is 25.3 Å². The summed E-state index contributed by atoms with van der Waals surface area (Å²) in [5.41, 5.74) is 6.65. The molecule has 1 saturated heterocycles. The number of hydrogen-bond acceptors (Lipinski definition) is 2. The summed E-state index contributed by atoms with van der Waals surface area (Å²) >= 11 is 0. The van der Waals surface area contributed by atoms with Crippen LogP contribution >= 0.6 is 0 Å². The number of fused-ring (bicyclic) bond motifs is 1. The molecule has 0 saturated carbocycles. The quantitative estimate of drug-likeness (QED) is 0.893. The van der Waals surface area contributed by atoms with Crippen molar-refractivity contribution in [3.05, 3.63) is 59.2 Å². The van der Waals surface area contributed by atoms with Gasteiger partial charge >= 0.3 is 0 Å². The lowest BCUT2D eigenvalue weighted by molar-refractivity contribution is -0.119. The Morgan fingerprint density at radius 1 is 0.955 bits per heavy atom. The zero-order valence-electron chi connectivity index (χ0n) is 12.6. The molecule has 4 rings (SSSR count). The highest BCUT2D eigenvalue weighted by molar-refractivity contribution is 5.79. The van der Waals surface area contributed by atoms with E-state index < -0.39 is 0 Å². The van der Waals surface area contributed by atoms with Crippen LogP contribution in [0.2, 0.25) is 0 Å². The summed E-state index contributed by atoms with van der Waals surface area (Å²) in [6.45, 7) is 2.81. The van der Waals surface area contributed by atoms with Crippen molar-refractivity contribution < 1.29 is 4.79 Å². The number of nitrogens with one attached hydrogen (secondary N) is 2. The molecule has 2 aromatic rings. The number of rotatable bonds is 2. The second-order valence-electron chi connectivity index (χ2n) is 6.24. The van der Waals surface area contributed by atoms with Crippen LogP contribution in [0.15, 0.2) is 42.5 Å². The third kappa shape index (κ3) is 2.53. The van der Waals surface area contributed by atoms with E-state index in [1.54, 1.807) is 0 Å². The summed E-state index contributed by atoms with van der Waals surface area (Å²) in [5, 5.41) is 6.33. The molecule has 1 fully saturated rings. The molecule has 1 unspecified atom stereocenters. The molecular weight excluding hydrogens is 272 g/mol. The van der Waals surface area contributed by atoms with Gasteiger partial charge in [-0.15, -0.1) is 0 Å². The number of carbonyl (C=O) groups excluding carboxylic acids is 1. The summed E-state index contributed by atoms with van der Waals surface area (Å²) < 4.78 is 0. The Bertz CT molecular complexity index is 706. The van der Waals surface area contributed by atoms with Gasteiger partial charge in [0.2, 0.25) is 5.91 Å². The van der Waals surface area contributed by atoms with E-state index in [2.05, 4.69) is 53.1 Å². The van der Waals surface area contributed by atoms with Gasteiger partial charge in [0.15, 0.2) is 0 Å². The van der Waals surface area contributed by atoms with Gasteiger partial charge in [-0.1, -0.05) is 36.4 Å². The van der Waals surface area contributed by atoms with E-state index >= 15 is 0 Å². The molecule has 1 amide bonds. The van der Waals surface area contributed by atoms with Crippen LogP contribution in [0.5, 0.6) is 0 Å². The Morgan fingerprint density at radius 3 is 2.55 bits per heavy atom. The molecule has 2 N–H and O–H groups in total. The summed E-state index contributed by atoms with van der Waals surface area (Å²) in [6.07, 6.45) is 1.74. The van der Waals surface area contributed by atoms with Gasteiger partial charge in [-0.2, -0.15) is 0 Å². The van der Waals surface area contributed by atoms with Crippen molar-refractivity contribution in [3.8, 4) is 11.1 Å². The first kappa shape index (κ1) is 13.5. The first-order chi connectivity index (χ1) is 10.8. The average Bonchev–Trinajstić information content (AvgIpc) is 3.01. The average molecular weight is 292 g/mol. The van der Waals surface area contributed by atoms with Crippen LogP contribution in [-0.2, 0) is 17.8 Å². The smallest absolute Gasteiger partial charge is 0.220 e. The van der Waals surface area contributed by atoms with Crippen molar-refractivity contribution in [3.63, 3.8) is 0 Å². The molecule has 2 aliphatic heterocycles. The number of carbonyl (C=O) groups is 1. The predicted molar refractivity (Wildman–Crippen MR) is 87.7 cm³/mol. The fraction of sp³-hybridized carbons (Fsp3) is 0.316. The molecule has 0 aromatic heterocycles. The van der Waals surface area contributed by atoms with E-state index in [9.17, 15) is 4.79 Å². The van der Waals surface area contributed by atoms with Crippen LogP contribution in [0.25, 0.3) is 11.1 Å². The molecule has 3 nitrogen and oxygen atoms in total. The highest BCUT2D eigenvalue weighted by atomic mass is 16.1. The van der Waals surface area contributed by atoms with Crippen molar-refractivity contribution in [1.29, 1.82) is 0 Å². The van der Waals surface area contributed by atoms with Gasteiger partial charge in [0.05, 0.1) is 0 Å². The fourth-order valence-electron chi connectivity index (χ4n) is 3.45. The fourth-order valence-corrected chi connectivity index (χ4v) is 3.45. The Labute approximate surface area is 130 Å². The van der Waals surface area contributed by atoms with Crippen LogP contribution in [-0.4, -0.2) is 19.0 Å². The van der Waals surface area contributed by atoms with Gasteiger partial charge in [-0.05, 0) is 46.8 Å². The maximum Gasteiger partial charge on any atom is 0.220 e. The van der Waals surface area contributed by atoms with E-state index in [4.69, 9.17) is 0 Å². The van der Waals surface area contributed by atoms with Crippen LogP contribution < -0.4 is 10.6 Å². The molecule has 0 bridgehead atoms. The molecule has 112 valence electrons. The Morgan fingerprint density at radius 2 is 1.77 bits per heavy atom. The van der Waals surface area contributed by atoms with Crippen molar-refractivity contribution in [1.82, 2.24) is 10.6 Å². The maximum absolute atomic E-state index is 11.3. The number of benzene rings is 2. The first-order valence-corrected chi connectivity index (χ1v) is 7.99. The SMILES string of the molecule is O=C1CC(c2ccc(-c3ccc4c(c3)CNCC4)cc2)CN1. The van der Waals surface area contributed by atoms with Crippen molar-refractivity contribution in [2.75, 3.05) is 13.1 Å². The van der Waals surface area contributed by atoms with Crippen LogP contribution in [0.4, 0.5) is 0 Å². The zero-order valence-corrected chi connectivity index (χ0v) is 12.6. The third-order valence-electron chi connectivity index (χ3n) is 4.79. The van der Waals surface area contributed by atoms with E-state index in [1.165, 1.54) is 27.8 Å². The lowest BCUT2D eigenvalue weighted by atomic mass is 9.93. The topological polar surface area (TPSA) is 41.1 Å². The van der Waals surface area contributed by atoms with E-state index in [0.29, 0.717) is 12.3 Å². The van der Waals surface area contributed by atoms with E-state index in [0.717, 1.165) is 26.1 Å². The Hall–Kier alpha value is -2.13. The molecule has 22 heavy (non-hydrogen) atoms. The van der Waals surface area contributed by atoms with E-state index in [-0.39, 0.29) is 5.91 Å². The molecule has 1 atom stereocenters. The van der Waals surface area contributed by atoms with Crippen molar-refractivity contribution >= 4 is 5.91 Å². The highest BCUT2D eigenvalue weighted by Gasteiger charge is 2.22. The highest BCUT2D eigenvalue weighted by Crippen LogP contribution is 2.28. The van der Waals surface area contributed by atoms with Gasteiger partial charge in [0.25, 0.3) is 0 Å². The largest absolute Gasteiger partial charge is 0.355 e. The lowest BCUT2D eigenvalue weighted by Gasteiger charge is -2.18. The second kappa shape index (κ2) is 5.58. The van der Waals surface area contributed by atoms with Gasteiger partial charge in [0.1, 0.15) is 0 Å². The Balaban J connectivity index is 1.59. The van der Waals surface area contributed by atoms with Crippen molar-refractivity contribution in [2.24, 2.45) is 0 Å². The van der Waals surface area contributed by atoms with Crippen LogP contribution in [0, 0.1) is 0 Å². The molecule has 0 radical (unpaired) electrons. The molecular formula is C19H20N2O. The number of hydrogen-bond donors (Lipinski definition) is 2. The molecule has 2 heterocycles. The molecule has 0 aliphatic carbocycles. The standard InChI is InChI=1S/C19H20N2O/c22-19-10-18(12-21-19)14-3-1-13(2-4-14)16-6-5-15-7-8-20-11-17(15)9-16/h1-6,9,18,20H,7-8,10-12H2,(H,21,22). The summed E-state index contributed by atoms with van der Waals surface area (Å²) in [4.78, 5) is 11.3. The van der Waals surface area contributed by atoms with Gasteiger partial charge in [-0.25, -0.2) is 0 Å². The lowest BCUT2D eigenvalue weighted by Crippen LogP contribution is -2.23. The molecule has 3 heteroatoms. The van der Waals surface area contributed by atoms with Gasteiger partial charge in [-0.3, -0.25) is 4.79 Å². The van der Waals surface area contributed by atoms with Crippen LogP contribution in [0.1, 0.15) is 29.0 Å². The third-order valence-corrected chi connectivity index (χ3v) is 4.79. The minimum Gasteiger partial charge on any atom is -0.355 e. The minimum absolute atomic E-state index is 0.163. The normalized spacial score (nSPS) is 20.5. The maximum atomic E-state index is 11.3. The van der Waals surface area contributed by atoms with E-state index in [1.807, 2.05) is 0 Å². The summed E-state index contributed by atoms with van der Waals surface area (Å²) in [6, 6.07) is 15.5. The summed E-state index contributed by atoms with van der Waals surface area (Å²) in [5.74, 6) is 0.491. The molecule has 0 spiro atoms. The van der Waals surface area contributed by atoms with Crippen LogP contribution in [0.3, 0.4) is 0 Å². The van der Waals surface area contributed by atoms with Gasteiger partial charge < -0.3 is 10.6 Å². The monoisotopic (exact) mass is 292 g/mol. The summed E-state index contributed by atoms with van der Waals surface area (Å²) in [7, 11) is 0. The molecule has 2 aliphatic rings. The Kier molecular flexibility index (Phi) is 3.43. The predicted octanol–water partition coefficient (Wildman–Crippen LogP) is 2.60. The number of amides is 1.